The molecule has 0 radical (unpaired) electrons. The van der Waals surface area contributed by atoms with Gasteiger partial charge in [-0.05, 0) is 36.4 Å². The van der Waals surface area contributed by atoms with Crippen LogP contribution in [0.4, 0.5) is 4.39 Å². The van der Waals surface area contributed by atoms with Crippen molar-refractivity contribution >= 4 is 5.91 Å². The van der Waals surface area contributed by atoms with E-state index in [1.165, 1.54) is 13.2 Å². The molecule has 0 spiro atoms. The maximum Gasteiger partial charge on any atom is 0.269 e. The molecule has 3 aromatic rings. The lowest BCUT2D eigenvalue weighted by Gasteiger charge is -2.13. The molecule has 1 amide bonds. The van der Waals surface area contributed by atoms with Crippen molar-refractivity contribution in [2.75, 3.05) is 13.7 Å². The van der Waals surface area contributed by atoms with E-state index in [1.807, 2.05) is 12.1 Å². The van der Waals surface area contributed by atoms with Crippen LogP contribution in [0.25, 0.3) is 22.5 Å². The van der Waals surface area contributed by atoms with Crippen molar-refractivity contribution in [2.45, 2.75) is 6.54 Å². The largest absolute Gasteiger partial charge is 0.494 e. The molecule has 6 nitrogen and oxygen atoms in total. The molecular weight excluding hydrogens is 323 g/mol. The Hall–Kier alpha value is -3.22. The van der Waals surface area contributed by atoms with Gasteiger partial charge >= 0.3 is 0 Å². The fourth-order valence-corrected chi connectivity index (χ4v) is 2.85. The average molecular weight is 338 g/mol. The minimum absolute atomic E-state index is 0.128. The monoisotopic (exact) mass is 338 g/mol. The van der Waals surface area contributed by atoms with Crippen molar-refractivity contribution in [3.8, 4) is 28.3 Å². The predicted octanol–water partition coefficient (Wildman–Crippen LogP) is 2.50. The Morgan fingerprint density at radius 1 is 1.16 bits per heavy atom. The fourth-order valence-electron chi connectivity index (χ4n) is 2.85. The molecule has 0 saturated carbocycles. The highest BCUT2D eigenvalue weighted by Gasteiger charge is 2.20. The van der Waals surface area contributed by atoms with Gasteiger partial charge in [0.1, 0.15) is 5.69 Å². The fraction of sp³-hybridized carbons (Fsp3) is 0.167. The van der Waals surface area contributed by atoms with Crippen LogP contribution in [0.3, 0.4) is 0 Å². The van der Waals surface area contributed by atoms with Gasteiger partial charge in [-0.1, -0.05) is 0 Å². The quantitative estimate of drug-likeness (QED) is 0.797. The Balaban J connectivity index is 1.73. The Bertz CT molecular complexity index is 967. The first-order valence-electron chi connectivity index (χ1n) is 7.82. The molecule has 1 N–H and O–H groups in total. The first kappa shape index (κ1) is 15.3. The van der Waals surface area contributed by atoms with Crippen molar-refractivity contribution in [3.05, 3.63) is 54.1 Å². The second-order valence-corrected chi connectivity index (χ2v) is 5.67. The molecule has 0 fully saturated rings. The molecule has 0 bridgehead atoms. The zero-order valence-corrected chi connectivity index (χ0v) is 13.5. The number of aromatic nitrogens is 3. The number of ether oxygens (including phenoxy) is 1. The number of fused-ring (bicyclic) bond motifs is 1. The van der Waals surface area contributed by atoms with Gasteiger partial charge in [0.05, 0.1) is 25.0 Å². The Labute approximate surface area is 143 Å². The molecular formula is C18H15FN4O2. The van der Waals surface area contributed by atoms with E-state index in [0.717, 1.165) is 5.56 Å². The number of halogens is 1. The smallest absolute Gasteiger partial charge is 0.269 e. The topological polar surface area (TPSA) is 69.0 Å². The molecule has 2 aromatic heterocycles. The van der Waals surface area contributed by atoms with E-state index in [-0.39, 0.29) is 11.7 Å². The molecule has 0 saturated heterocycles. The number of benzene rings is 1. The number of amides is 1. The van der Waals surface area contributed by atoms with E-state index in [9.17, 15) is 9.18 Å². The summed E-state index contributed by atoms with van der Waals surface area (Å²) < 4.78 is 20.6. The Morgan fingerprint density at radius 2 is 2.00 bits per heavy atom. The summed E-state index contributed by atoms with van der Waals surface area (Å²) in [5, 5.41) is 7.28. The number of methoxy groups -OCH3 is 1. The summed E-state index contributed by atoms with van der Waals surface area (Å²) in [6, 6.07) is 10.1. The van der Waals surface area contributed by atoms with Gasteiger partial charge in [0.2, 0.25) is 0 Å². The Morgan fingerprint density at radius 3 is 2.76 bits per heavy atom. The van der Waals surface area contributed by atoms with Gasteiger partial charge in [0, 0.05) is 23.9 Å². The van der Waals surface area contributed by atoms with Crippen LogP contribution in [0.15, 0.2) is 42.6 Å². The zero-order valence-electron chi connectivity index (χ0n) is 13.5. The third-order valence-electron chi connectivity index (χ3n) is 4.13. The number of carbonyl (C=O) groups is 1. The van der Waals surface area contributed by atoms with E-state index in [2.05, 4.69) is 15.4 Å². The predicted molar refractivity (Wildman–Crippen MR) is 89.7 cm³/mol. The highest BCUT2D eigenvalue weighted by Crippen LogP contribution is 2.27. The Kier molecular flexibility index (Phi) is 3.68. The first-order valence-corrected chi connectivity index (χ1v) is 7.82. The van der Waals surface area contributed by atoms with Crippen LogP contribution in [-0.4, -0.2) is 34.3 Å². The second kappa shape index (κ2) is 6.01. The molecule has 1 aliphatic heterocycles. The number of hydrogen-bond acceptors (Lipinski definition) is 4. The molecule has 7 heteroatoms. The normalized spacial score (nSPS) is 13.3. The lowest BCUT2D eigenvalue weighted by molar-refractivity contribution is 0.0924. The van der Waals surface area contributed by atoms with E-state index in [1.54, 1.807) is 29.1 Å². The molecule has 25 heavy (non-hydrogen) atoms. The lowest BCUT2D eigenvalue weighted by atomic mass is 10.1. The number of nitrogens with zero attached hydrogens (tertiary/aromatic N) is 3. The van der Waals surface area contributed by atoms with E-state index >= 15 is 0 Å². The van der Waals surface area contributed by atoms with E-state index in [4.69, 9.17) is 4.74 Å². The maximum atomic E-state index is 13.9. The lowest BCUT2D eigenvalue weighted by Crippen LogP contribution is -2.35. The van der Waals surface area contributed by atoms with Gasteiger partial charge < -0.3 is 10.1 Å². The number of pyridine rings is 1. The van der Waals surface area contributed by atoms with Gasteiger partial charge in [0.15, 0.2) is 11.6 Å². The standard InChI is InChI=1S/C18H15FN4O2/c1-25-17-3-2-11(8-13(17)19)14-9-12(4-5-20-14)15-10-16-18(24)21-6-7-23(16)22-15/h2-5,8-10H,6-7H2,1H3,(H,21,24). The molecule has 1 aromatic carbocycles. The molecule has 4 rings (SSSR count). The third kappa shape index (κ3) is 2.73. The van der Waals surface area contributed by atoms with Crippen LogP contribution in [0.2, 0.25) is 0 Å². The van der Waals surface area contributed by atoms with Gasteiger partial charge in [-0.2, -0.15) is 5.10 Å². The highest BCUT2D eigenvalue weighted by atomic mass is 19.1. The van der Waals surface area contributed by atoms with Crippen molar-refractivity contribution in [3.63, 3.8) is 0 Å². The molecule has 0 atom stereocenters. The minimum Gasteiger partial charge on any atom is -0.494 e. The van der Waals surface area contributed by atoms with Crippen molar-refractivity contribution in [2.24, 2.45) is 0 Å². The van der Waals surface area contributed by atoms with Crippen LogP contribution in [-0.2, 0) is 6.54 Å². The second-order valence-electron chi connectivity index (χ2n) is 5.67. The summed E-state index contributed by atoms with van der Waals surface area (Å²) in [5.74, 6) is -0.384. The minimum atomic E-state index is -0.443. The van der Waals surface area contributed by atoms with Crippen LogP contribution in [0.1, 0.15) is 10.5 Å². The third-order valence-corrected chi connectivity index (χ3v) is 4.13. The van der Waals surface area contributed by atoms with E-state index < -0.39 is 5.82 Å². The summed E-state index contributed by atoms with van der Waals surface area (Å²) in [5.41, 5.74) is 3.30. The van der Waals surface area contributed by atoms with E-state index in [0.29, 0.717) is 35.7 Å². The summed E-state index contributed by atoms with van der Waals surface area (Å²) in [6.07, 6.45) is 1.64. The maximum absolute atomic E-state index is 13.9. The van der Waals surface area contributed by atoms with Gasteiger partial charge in [-0.3, -0.25) is 14.5 Å². The SMILES string of the molecule is COc1ccc(-c2cc(-c3cc4n(n3)CCNC4=O)ccn2)cc1F. The summed E-state index contributed by atoms with van der Waals surface area (Å²) in [6.45, 7) is 1.21. The van der Waals surface area contributed by atoms with Crippen molar-refractivity contribution < 1.29 is 13.9 Å². The summed E-state index contributed by atoms with van der Waals surface area (Å²) in [7, 11) is 1.42. The van der Waals surface area contributed by atoms with Crippen molar-refractivity contribution in [1.29, 1.82) is 0 Å². The molecule has 1 aliphatic rings. The summed E-state index contributed by atoms with van der Waals surface area (Å²) >= 11 is 0. The number of rotatable bonds is 3. The van der Waals surface area contributed by atoms with Crippen LogP contribution < -0.4 is 10.1 Å². The van der Waals surface area contributed by atoms with Crippen LogP contribution in [0, 0.1) is 5.82 Å². The first-order chi connectivity index (χ1) is 12.2. The van der Waals surface area contributed by atoms with Gasteiger partial charge in [0.25, 0.3) is 5.91 Å². The molecule has 3 heterocycles. The molecule has 0 unspecified atom stereocenters. The molecule has 126 valence electrons. The highest BCUT2D eigenvalue weighted by molar-refractivity contribution is 5.94. The van der Waals surface area contributed by atoms with Gasteiger partial charge in [-0.15, -0.1) is 0 Å². The average Bonchev–Trinajstić information content (AvgIpc) is 3.07. The van der Waals surface area contributed by atoms with Crippen LogP contribution in [0.5, 0.6) is 5.75 Å². The molecule has 0 aliphatic carbocycles. The number of nitrogens with one attached hydrogen (secondary N) is 1. The van der Waals surface area contributed by atoms with Crippen molar-refractivity contribution in [1.82, 2.24) is 20.1 Å². The summed E-state index contributed by atoms with van der Waals surface area (Å²) in [4.78, 5) is 16.2. The van der Waals surface area contributed by atoms with Gasteiger partial charge in [-0.25, -0.2) is 4.39 Å². The van der Waals surface area contributed by atoms with Crippen LogP contribution >= 0.6 is 0 Å². The number of carbonyl (C=O) groups excluding carboxylic acids is 1. The number of hydrogen-bond donors (Lipinski definition) is 1. The zero-order chi connectivity index (χ0) is 17.4.